The number of hydrogen-bond acceptors (Lipinski definition) is 6. The van der Waals surface area contributed by atoms with Gasteiger partial charge in [-0.3, -0.25) is 9.59 Å². The maximum absolute atomic E-state index is 13.0. The van der Waals surface area contributed by atoms with E-state index in [2.05, 4.69) is 25.9 Å². The summed E-state index contributed by atoms with van der Waals surface area (Å²) in [7, 11) is 0. The standard InChI is InChI=1S/C23H21FN6O2S/c24-18-8-6-17(7-9-18)23(32)25-13-12-20-28-27-19-10-11-22(29-30(19)20)33-15-21(31)26-14-16-4-2-1-3-5-16/h1-11H,12-15H2,(H,25,32)(H,26,31). The normalized spacial score (nSPS) is 10.8. The molecule has 0 atom stereocenters. The van der Waals surface area contributed by atoms with Crippen LogP contribution in [0.4, 0.5) is 4.39 Å². The van der Waals surface area contributed by atoms with Gasteiger partial charge in [-0.05, 0) is 42.0 Å². The van der Waals surface area contributed by atoms with Crippen molar-refractivity contribution in [2.75, 3.05) is 12.3 Å². The number of nitrogens with zero attached hydrogens (tertiary/aromatic N) is 4. The van der Waals surface area contributed by atoms with Gasteiger partial charge >= 0.3 is 0 Å². The van der Waals surface area contributed by atoms with Crippen molar-refractivity contribution in [1.29, 1.82) is 0 Å². The van der Waals surface area contributed by atoms with Crippen LogP contribution in [0.2, 0.25) is 0 Å². The van der Waals surface area contributed by atoms with Crippen LogP contribution in [0.5, 0.6) is 0 Å². The Morgan fingerprint density at radius 2 is 1.73 bits per heavy atom. The first-order chi connectivity index (χ1) is 16.1. The highest BCUT2D eigenvalue weighted by molar-refractivity contribution is 7.99. The van der Waals surface area contributed by atoms with Crippen molar-refractivity contribution in [3.63, 3.8) is 0 Å². The Bertz CT molecular complexity index is 1250. The Labute approximate surface area is 193 Å². The van der Waals surface area contributed by atoms with E-state index in [0.717, 1.165) is 5.56 Å². The van der Waals surface area contributed by atoms with Gasteiger partial charge in [0.25, 0.3) is 5.91 Å². The predicted octanol–water partition coefficient (Wildman–Crippen LogP) is 2.64. The molecule has 0 aliphatic rings. The van der Waals surface area contributed by atoms with Crippen molar-refractivity contribution in [1.82, 2.24) is 30.4 Å². The Morgan fingerprint density at radius 3 is 2.52 bits per heavy atom. The summed E-state index contributed by atoms with van der Waals surface area (Å²) < 4.78 is 14.6. The topological polar surface area (TPSA) is 101 Å². The lowest BCUT2D eigenvalue weighted by Gasteiger charge is -2.06. The van der Waals surface area contributed by atoms with E-state index < -0.39 is 5.82 Å². The zero-order chi connectivity index (χ0) is 23.0. The van der Waals surface area contributed by atoms with E-state index in [4.69, 9.17) is 0 Å². The SMILES string of the molecule is O=C(CSc1ccc2nnc(CCNC(=O)c3ccc(F)cc3)n2n1)NCc1ccccc1. The molecular weight excluding hydrogens is 443 g/mol. The highest BCUT2D eigenvalue weighted by atomic mass is 32.2. The Morgan fingerprint density at radius 1 is 0.939 bits per heavy atom. The monoisotopic (exact) mass is 464 g/mol. The molecule has 2 aromatic carbocycles. The summed E-state index contributed by atoms with van der Waals surface area (Å²) in [6, 6.07) is 18.6. The second kappa shape index (κ2) is 10.7. The van der Waals surface area contributed by atoms with Crippen LogP contribution in [-0.4, -0.2) is 43.9 Å². The molecule has 0 saturated heterocycles. The Hall–Kier alpha value is -3.79. The van der Waals surface area contributed by atoms with Gasteiger partial charge in [-0.25, -0.2) is 4.39 Å². The summed E-state index contributed by atoms with van der Waals surface area (Å²) in [6.45, 7) is 0.796. The largest absolute Gasteiger partial charge is 0.352 e. The number of fused-ring (bicyclic) bond motifs is 1. The molecule has 168 valence electrons. The average molecular weight is 465 g/mol. The Kier molecular flexibility index (Phi) is 7.26. The van der Waals surface area contributed by atoms with E-state index in [1.54, 1.807) is 16.6 Å². The van der Waals surface area contributed by atoms with Gasteiger partial charge in [-0.2, -0.15) is 9.61 Å². The lowest BCUT2D eigenvalue weighted by Crippen LogP contribution is -2.26. The first kappa shape index (κ1) is 22.4. The number of rotatable bonds is 9. The van der Waals surface area contributed by atoms with Gasteiger partial charge in [0.1, 0.15) is 10.8 Å². The van der Waals surface area contributed by atoms with Crippen molar-refractivity contribution in [3.8, 4) is 0 Å². The smallest absolute Gasteiger partial charge is 0.251 e. The molecule has 10 heteroatoms. The number of halogens is 1. The van der Waals surface area contributed by atoms with E-state index in [1.165, 1.54) is 36.0 Å². The molecule has 4 rings (SSSR count). The fourth-order valence-electron chi connectivity index (χ4n) is 3.03. The number of aromatic nitrogens is 4. The third kappa shape index (κ3) is 6.13. The predicted molar refractivity (Wildman–Crippen MR) is 122 cm³/mol. The molecule has 0 unspecified atom stereocenters. The van der Waals surface area contributed by atoms with Gasteiger partial charge in [0.05, 0.1) is 5.75 Å². The summed E-state index contributed by atoms with van der Waals surface area (Å²) >= 11 is 1.32. The second-order valence-corrected chi connectivity index (χ2v) is 8.12. The number of benzene rings is 2. The molecule has 2 heterocycles. The zero-order valence-electron chi connectivity index (χ0n) is 17.6. The number of amides is 2. The minimum atomic E-state index is -0.394. The number of carbonyl (C=O) groups is 2. The molecule has 0 aliphatic carbocycles. The van der Waals surface area contributed by atoms with E-state index in [0.29, 0.717) is 41.6 Å². The lowest BCUT2D eigenvalue weighted by molar-refractivity contribution is -0.118. The Balaban J connectivity index is 1.29. The van der Waals surface area contributed by atoms with E-state index >= 15 is 0 Å². The minimum absolute atomic E-state index is 0.0850. The van der Waals surface area contributed by atoms with Crippen molar-refractivity contribution < 1.29 is 14.0 Å². The number of hydrogen-bond donors (Lipinski definition) is 2. The summed E-state index contributed by atoms with van der Waals surface area (Å²) in [5.41, 5.74) is 1.99. The molecule has 2 amide bonds. The molecule has 0 radical (unpaired) electrons. The molecule has 2 N–H and O–H groups in total. The van der Waals surface area contributed by atoms with Crippen LogP contribution in [0.3, 0.4) is 0 Å². The van der Waals surface area contributed by atoms with Crippen LogP contribution in [0.1, 0.15) is 21.7 Å². The third-order valence-corrected chi connectivity index (χ3v) is 5.65. The van der Waals surface area contributed by atoms with Crippen molar-refractivity contribution >= 4 is 29.2 Å². The molecule has 0 spiro atoms. The highest BCUT2D eigenvalue weighted by Crippen LogP contribution is 2.16. The third-order valence-electron chi connectivity index (χ3n) is 4.73. The molecule has 33 heavy (non-hydrogen) atoms. The van der Waals surface area contributed by atoms with Gasteiger partial charge in [0.15, 0.2) is 11.5 Å². The number of thioether (sulfide) groups is 1. The van der Waals surface area contributed by atoms with Gasteiger partial charge in [-0.1, -0.05) is 42.1 Å². The van der Waals surface area contributed by atoms with Crippen LogP contribution >= 0.6 is 11.8 Å². The van der Waals surface area contributed by atoms with E-state index in [1.807, 2.05) is 30.3 Å². The minimum Gasteiger partial charge on any atom is -0.352 e. The summed E-state index contributed by atoms with van der Waals surface area (Å²) in [4.78, 5) is 24.3. The summed E-state index contributed by atoms with van der Waals surface area (Å²) in [6.07, 6.45) is 0.410. The summed E-state index contributed by atoms with van der Waals surface area (Å²) in [5, 5.41) is 19.1. The van der Waals surface area contributed by atoms with E-state index in [9.17, 15) is 14.0 Å². The van der Waals surface area contributed by atoms with Gasteiger partial charge in [0, 0.05) is 25.1 Å². The molecule has 0 fully saturated rings. The van der Waals surface area contributed by atoms with Crippen molar-refractivity contribution in [2.45, 2.75) is 18.0 Å². The quantitative estimate of drug-likeness (QED) is 0.370. The van der Waals surface area contributed by atoms with Gasteiger partial charge < -0.3 is 10.6 Å². The zero-order valence-corrected chi connectivity index (χ0v) is 18.4. The maximum atomic E-state index is 13.0. The van der Waals surface area contributed by atoms with Crippen LogP contribution in [0, 0.1) is 5.82 Å². The molecule has 0 bridgehead atoms. The van der Waals surface area contributed by atoms with Crippen LogP contribution in [-0.2, 0) is 17.8 Å². The van der Waals surface area contributed by atoms with E-state index in [-0.39, 0.29) is 17.6 Å². The fraction of sp³-hybridized carbons (Fsp3) is 0.174. The van der Waals surface area contributed by atoms with Crippen molar-refractivity contribution in [3.05, 3.63) is 89.5 Å². The first-order valence-corrected chi connectivity index (χ1v) is 11.3. The van der Waals surface area contributed by atoms with Crippen molar-refractivity contribution in [2.24, 2.45) is 0 Å². The van der Waals surface area contributed by atoms with Gasteiger partial charge in [-0.15, -0.1) is 10.2 Å². The molecule has 0 saturated carbocycles. The molecule has 8 nitrogen and oxygen atoms in total. The van der Waals surface area contributed by atoms with Crippen LogP contribution in [0.15, 0.2) is 71.8 Å². The maximum Gasteiger partial charge on any atom is 0.251 e. The fourth-order valence-corrected chi connectivity index (χ4v) is 3.71. The molecule has 0 aliphatic heterocycles. The molecule has 2 aromatic heterocycles. The second-order valence-electron chi connectivity index (χ2n) is 7.12. The molecule has 4 aromatic rings. The summed E-state index contributed by atoms with van der Waals surface area (Å²) in [5.74, 6) is 0.0411. The highest BCUT2D eigenvalue weighted by Gasteiger charge is 2.11. The molecular formula is C23H21FN6O2S. The number of carbonyl (C=O) groups excluding carboxylic acids is 2. The number of nitrogens with one attached hydrogen (secondary N) is 2. The van der Waals surface area contributed by atoms with Gasteiger partial charge in [0.2, 0.25) is 5.91 Å². The van der Waals surface area contributed by atoms with Crippen LogP contribution < -0.4 is 10.6 Å². The average Bonchev–Trinajstić information content (AvgIpc) is 3.24. The lowest BCUT2D eigenvalue weighted by atomic mass is 10.2. The first-order valence-electron chi connectivity index (χ1n) is 10.3. The van der Waals surface area contributed by atoms with Crippen LogP contribution in [0.25, 0.3) is 5.65 Å².